The molecule has 84 valence electrons. The van der Waals surface area contributed by atoms with Gasteiger partial charge in [-0.25, -0.2) is 0 Å². The Kier molecular flexibility index (Phi) is 11.1. The van der Waals surface area contributed by atoms with Crippen molar-refractivity contribution < 1.29 is 4.74 Å². The average molecular weight is 346 g/mol. The van der Waals surface area contributed by atoms with Crippen LogP contribution in [0.2, 0.25) is 0 Å². The van der Waals surface area contributed by atoms with E-state index in [1.165, 1.54) is 19.3 Å². The lowest BCUT2D eigenvalue weighted by atomic mass is 10.2. The van der Waals surface area contributed by atoms with Gasteiger partial charge in [0.1, 0.15) is 0 Å². The quantitative estimate of drug-likeness (QED) is 0.300. The summed E-state index contributed by atoms with van der Waals surface area (Å²) in [4.78, 5) is 0. The molecule has 0 saturated heterocycles. The minimum absolute atomic E-state index is 0.339. The maximum absolute atomic E-state index is 5.71. The minimum Gasteiger partial charge on any atom is -0.498 e. The molecule has 0 amide bonds. The molecular formula is C10H19Br2OP. The van der Waals surface area contributed by atoms with Crippen LogP contribution in [0.4, 0.5) is 0 Å². The van der Waals surface area contributed by atoms with Crippen molar-refractivity contribution in [3.05, 3.63) is 11.6 Å². The minimum atomic E-state index is -0.339. The summed E-state index contributed by atoms with van der Waals surface area (Å²) in [6.07, 6.45) is 5.83. The Morgan fingerprint density at radius 3 is 2.36 bits per heavy atom. The Hall–Kier alpha value is 0.930. The second-order valence-electron chi connectivity index (χ2n) is 3.16. The molecule has 0 bridgehead atoms. The van der Waals surface area contributed by atoms with Crippen LogP contribution in [0.15, 0.2) is 11.6 Å². The highest BCUT2D eigenvalue weighted by Crippen LogP contribution is 2.54. The van der Waals surface area contributed by atoms with Gasteiger partial charge in [0.25, 0.3) is 0 Å². The summed E-state index contributed by atoms with van der Waals surface area (Å²) in [5.74, 6) is 3.29. The molecule has 0 rings (SSSR count). The lowest BCUT2D eigenvalue weighted by molar-refractivity contribution is 0.197. The zero-order valence-electron chi connectivity index (χ0n) is 8.93. The molecule has 0 saturated carbocycles. The van der Waals surface area contributed by atoms with Crippen molar-refractivity contribution in [2.24, 2.45) is 0 Å². The summed E-state index contributed by atoms with van der Waals surface area (Å²) in [5, 5.41) is -0.339. The number of hydrogen-bond donors (Lipinski definition) is 0. The van der Waals surface area contributed by atoms with Crippen LogP contribution in [-0.2, 0) is 4.74 Å². The van der Waals surface area contributed by atoms with Crippen molar-refractivity contribution in [1.82, 2.24) is 0 Å². The monoisotopic (exact) mass is 344 g/mol. The van der Waals surface area contributed by atoms with Gasteiger partial charge in [0.2, 0.25) is 0 Å². The number of allylic oxidation sites excluding steroid dienone is 1. The number of unbranched alkanes of at least 4 members (excludes halogenated alkanes) is 2. The zero-order chi connectivity index (χ0) is 10.8. The Bertz CT molecular complexity index is 160. The maximum atomic E-state index is 5.71. The molecule has 0 fully saturated rings. The molecule has 0 radical (unpaired) electrons. The van der Waals surface area contributed by atoms with Crippen LogP contribution in [0.1, 0.15) is 46.0 Å². The molecule has 0 aromatic rings. The summed E-state index contributed by atoms with van der Waals surface area (Å²) in [7, 11) is 0. The summed E-state index contributed by atoms with van der Waals surface area (Å²) in [6.45, 7) is 5.24. The summed E-state index contributed by atoms with van der Waals surface area (Å²) >= 11 is 7.00. The Labute approximate surface area is 105 Å². The van der Waals surface area contributed by atoms with Crippen molar-refractivity contribution in [2.45, 2.75) is 46.0 Å². The van der Waals surface area contributed by atoms with E-state index in [0.29, 0.717) is 0 Å². The Morgan fingerprint density at radius 2 is 1.86 bits per heavy atom. The number of hydrogen-bond acceptors (Lipinski definition) is 1. The average Bonchev–Trinajstić information content (AvgIpc) is 2.13. The van der Waals surface area contributed by atoms with Crippen LogP contribution in [0.25, 0.3) is 0 Å². The first-order valence-corrected chi connectivity index (χ1v) is 10.6. The normalized spacial score (nSPS) is 12.2. The van der Waals surface area contributed by atoms with E-state index in [9.17, 15) is 0 Å². The molecule has 14 heavy (non-hydrogen) atoms. The fourth-order valence-corrected chi connectivity index (χ4v) is 2.77. The van der Waals surface area contributed by atoms with E-state index in [1.807, 2.05) is 0 Å². The molecule has 0 spiro atoms. The van der Waals surface area contributed by atoms with Gasteiger partial charge in [-0.15, -0.1) is 0 Å². The highest BCUT2D eigenvalue weighted by molar-refractivity contribution is 9.69. The summed E-state index contributed by atoms with van der Waals surface area (Å²) in [5.41, 5.74) is 0. The fourth-order valence-electron chi connectivity index (χ4n) is 0.981. The zero-order valence-corrected chi connectivity index (χ0v) is 13.0. The lowest BCUT2D eigenvalue weighted by Crippen LogP contribution is -1.94. The first-order valence-electron chi connectivity index (χ1n) is 5.15. The van der Waals surface area contributed by atoms with E-state index in [4.69, 9.17) is 4.74 Å². The molecule has 0 aromatic heterocycles. The largest absolute Gasteiger partial charge is 0.498 e. The maximum Gasteiger partial charge on any atom is 0.0980 e. The molecule has 1 nitrogen and oxygen atoms in total. The molecule has 0 aliphatic rings. The van der Waals surface area contributed by atoms with Gasteiger partial charge in [0.05, 0.1) is 17.7 Å². The third-order valence-corrected chi connectivity index (χ3v) is 3.52. The molecule has 0 unspecified atom stereocenters. The van der Waals surface area contributed by atoms with E-state index in [1.54, 1.807) is 0 Å². The molecule has 0 aromatic carbocycles. The molecule has 0 aliphatic heterocycles. The van der Waals surface area contributed by atoms with E-state index in [2.05, 4.69) is 50.6 Å². The van der Waals surface area contributed by atoms with Crippen molar-refractivity contribution >= 4 is 36.3 Å². The third kappa shape index (κ3) is 9.48. The SMILES string of the molecule is CCCCOC(=CP(Br)Br)CCCC. The molecule has 0 N–H and O–H groups in total. The first-order chi connectivity index (χ1) is 6.70. The highest BCUT2D eigenvalue weighted by Gasteiger charge is 2.01. The Morgan fingerprint density at radius 1 is 1.21 bits per heavy atom. The van der Waals surface area contributed by atoms with Crippen molar-refractivity contribution in [2.75, 3.05) is 6.61 Å². The van der Waals surface area contributed by atoms with Crippen LogP contribution < -0.4 is 0 Å². The number of ether oxygens (including phenoxy) is 1. The molecule has 0 aliphatic carbocycles. The second-order valence-corrected chi connectivity index (χ2v) is 11.4. The number of halogens is 2. The van der Waals surface area contributed by atoms with Gasteiger partial charge in [-0.3, -0.25) is 0 Å². The van der Waals surface area contributed by atoms with Crippen LogP contribution in [0, 0.1) is 0 Å². The smallest absolute Gasteiger partial charge is 0.0980 e. The van der Waals surface area contributed by atoms with E-state index in [0.717, 1.165) is 25.2 Å². The van der Waals surface area contributed by atoms with Crippen molar-refractivity contribution in [3.63, 3.8) is 0 Å². The summed E-state index contributed by atoms with van der Waals surface area (Å²) < 4.78 is 5.71. The lowest BCUT2D eigenvalue weighted by Gasteiger charge is -2.10. The van der Waals surface area contributed by atoms with Gasteiger partial charge in [-0.05, 0) is 49.6 Å². The molecule has 0 atom stereocenters. The van der Waals surface area contributed by atoms with E-state index >= 15 is 0 Å². The van der Waals surface area contributed by atoms with Crippen LogP contribution in [0.3, 0.4) is 0 Å². The van der Waals surface area contributed by atoms with Gasteiger partial charge in [-0.2, -0.15) is 0 Å². The Balaban J connectivity index is 3.84. The molecule has 4 heteroatoms. The molecular weight excluding hydrogens is 327 g/mol. The van der Waals surface area contributed by atoms with Crippen LogP contribution in [0.5, 0.6) is 0 Å². The van der Waals surface area contributed by atoms with Gasteiger partial charge >= 0.3 is 0 Å². The topological polar surface area (TPSA) is 9.23 Å². The third-order valence-electron chi connectivity index (χ3n) is 1.80. The molecule has 0 heterocycles. The van der Waals surface area contributed by atoms with Gasteiger partial charge < -0.3 is 4.74 Å². The van der Waals surface area contributed by atoms with Gasteiger partial charge in [-0.1, -0.05) is 26.7 Å². The standard InChI is InChI=1S/C10H19Br2OP/c1-3-5-7-10(9-14(11)12)13-8-6-4-2/h9H,3-8H2,1-2H3. The van der Waals surface area contributed by atoms with Crippen molar-refractivity contribution in [3.8, 4) is 0 Å². The predicted molar refractivity (Wildman–Crippen MR) is 73.2 cm³/mol. The fraction of sp³-hybridized carbons (Fsp3) is 0.800. The van der Waals surface area contributed by atoms with E-state index in [-0.39, 0.29) is 5.33 Å². The van der Waals surface area contributed by atoms with Crippen LogP contribution in [-0.4, -0.2) is 6.61 Å². The summed E-state index contributed by atoms with van der Waals surface area (Å²) in [6, 6.07) is 0. The number of rotatable bonds is 8. The first kappa shape index (κ1) is 14.9. The second kappa shape index (κ2) is 10.4. The van der Waals surface area contributed by atoms with Crippen LogP contribution >= 0.6 is 36.3 Å². The predicted octanol–water partition coefficient (Wildman–Crippen LogP) is 5.94. The van der Waals surface area contributed by atoms with Gasteiger partial charge in [0.15, 0.2) is 0 Å². The van der Waals surface area contributed by atoms with E-state index < -0.39 is 0 Å². The van der Waals surface area contributed by atoms with Gasteiger partial charge in [0, 0.05) is 6.42 Å². The van der Waals surface area contributed by atoms with Crippen molar-refractivity contribution in [1.29, 1.82) is 0 Å². The highest BCUT2D eigenvalue weighted by atomic mass is 79.9.